The van der Waals surface area contributed by atoms with Crippen molar-refractivity contribution >= 4 is 27.3 Å². The molecule has 1 aliphatic rings. The number of hydrogen-bond acceptors (Lipinski definition) is 3. The molecule has 26 heavy (non-hydrogen) atoms. The standard InChI is InChI=1S/C20H24N2O3S/c1-16-9-11-18(12-10-16)22(26(2,24)25)15-13-20(23)21-14-5-7-17-6-3-4-8-19(17)21/h3-4,6,8-12H,5,7,13-15H2,1-2H3. The van der Waals surface area contributed by atoms with E-state index in [-0.39, 0.29) is 18.9 Å². The van der Waals surface area contributed by atoms with Gasteiger partial charge in [0.15, 0.2) is 0 Å². The maximum atomic E-state index is 12.8. The lowest BCUT2D eigenvalue weighted by atomic mass is 10.0. The molecule has 6 heteroatoms. The zero-order chi connectivity index (χ0) is 18.7. The Morgan fingerprint density at radius 2 is 1.81 bits per heavy atom. The second-order valence-corrected chi connectivity index (χ2v) is 8.61. The lowest BCUT2D eigenvalue weighted by molar-refractivity contribution is -0.118. The molecule has 1 amide bonds. The number of carbonyl (C=O) groups is 1. The van der Waals surface area contributed by atoms with Gasteiger partial charge in [0, 0.05) is 25.2 Å². The minimum absolute atomic E-state index is 0.0436. The van der Waals surface area contributed by atoms with Gasteiger partial charge in [0.2, 0.25) is 15.9 Å². The first kappa shape index (κ1) is 18.5. The van der Waals surface area contributed by atoms with Crippen molar-refractivity contribution < 1.29 is 13.2 Å². The summed E-state index contributed by atoms with van der Waals surface area (Å²) in [6, 6.07) is 15.2. The summed E-state index contributed by atoms with van der Waals surface area (Å²) in [5.74, 6) is -0.0436. The van der Waals surface area contributed by atoms with Gasteiger partial charge < -0.3 is 4.90 Å². The van der Waals surface area contributed by atoms with E-state index in [1.54, 1.807) is 17.0 Å². The number of hydrogen-bond donors (Lipinski definition) is 0. The first-order valence-electron chi connectivity index (χ1n) is 8.79. The van der Waals surface area contributed by atoms with Crippen LogP contribution < -0.4 is 9.21 Å². The quantitative estimate of drug-likeness (QED) is 0.810. The molecule has 3 rings (SSSR count). The lowest BCUT2D eigenvalue weighted by Gasteiger charge is -2.30. The van der Waals surface area contributed by atoms with Gasteiger partial charge in [0.1, 0.15) is 0 Å². The normalized spacial score (nSPS) is 14.0. The maximum Gasteiger partial charge on any atom is 0.232 e. The Bertz CT molecular complexity index is 892. The number of sulfonamides is 1. The largest absolute Gasteiger partial charge is 0.312 e. The van der Waals surface area contributed by atoms with Gasteiger partial charge in [-0.3, -0.25) is 9.10 Å². The third kappa shape index (κ3) is 4.07. The summed E-state index contributed by atoms with van der Waals surface area (Å²) in [5.41, 5.74) is 3.77. The van der Waals surface area contributed by atoms with Crippen molar-refractivity contribution in [3.05, 3.63) is 59.7 Å². The second-order valence-electron chi connectivity index (χ2n) is 6.70. The molecular formula is C20H24N2O3S. The Morgan fingerprint density at radius 3 is 2.50 bits per heavy atom. The van der Waals surface area contributed by atoms with Crippen LogP contribution in [-0.4, -0.2) is 33.7 Å². The lowest BCUT2D eigenvalue weighted by Crippen LogP contribution is -2.39. The van der Waals surface area contributed by atoms with Gasteiger partial charge in [-0.25, -0.2) is 8.42 Å². The predicted octanol–water partition coefficient (Wildman–Crippen LogP) is 3.13. The summed E-state index contributed by atoms with van der Waals surface area (Å²) in [6.45, 7) is 2.77. The summed E-state index contributed by atoms with van der Waals surface area (Å²) in [5, 5.41) is 0. The molecule has 0 bridgehead atoms. The molecule has 0 N–H and O–H groups in total. The number of benzene rings is 2. The van der Waals surface area contributed by atoms with E-state index in [1.165, 1.54) is 16.1 Å². The minimum Gasteiger partial charge on any atom is -0.312 e. The number of carbonyl (C=O) groups excluding carboxylic acids is 1. The average Bonchev–Trinajstić information content (AvgIpc) is 2.61. The van der Waals surface area contributed by atoms with E-state index in [4.69, 9.17) is 0 Å². The summed E-state index contributed by atoms with van der Waals surface area (Å²) >= 11 is 0. The highest BCUT2D eigenvalue weighted by molar-refractivity contribution is 7.92. The molecule has 0 atom stereocenters. The number of aryl methyl sites for hydroxylation is 2. The van der Waals surface area contributed by atoms with Gasteiger partial charge in [0.05, 0.1) is 11.9 Å². The smallest absolute Gasteiger partial charge is 0.232 e. The number of anilines is 2. The molecule has 2 aromatic rings. The number of rotatable bonds is 5. The van der Waals surface area contributed by atoms with Gasteiger partial charge >= 0.3 is 0 Å². The minimum atomic E-state index is -3.46. The summed E-state index contributed by atoms with van der Waals surface area (Å²) in [7, 11) is -3.46. The Kier molecular flexibility index (Phi) is 5.32. The average molecular weight is 372 g/mol. The predicted molar refractivity (Wildman–Crippen MR) is 105 cm³/mol. The van der Waals surface area contributed by atoms with Crippen molar-refractivity contribution in [1.82, 2.24) is 0 Å². The fraction of sp³-hybridized carbons (Fsp3) is 0.350. The van der Waals surface area contributed by atoms with E-state index in [1.807, 2.05) is 43.3 Å². The van der Waals surface area contributed by atoms with Crippen molar-refractivity contribution in [2.24, 2.45) is 0 Å². The van der Waals surface area contributed by atoms with E-state index in [9.17, 15) is 13.2 Å². The molecule has 0 saturated carbocycles. The molecule has 1 aliphatic heterocycles. The summed E-state index contributed by atoms with van der Waals surface area (Å²) in [6.07, 6.45) is 3.22. The molecule has 0 aliphatic carbocycles. The van der Waals surface area contributed by atoms with Crippen molar-refractivity contribution in [3.63, 3.8) is 0 Å². The Hall–Kier alpha value is -2.34. The highest BCUT2D eigenvalue weighted by Crippen LogP contribution is 2.27. The first-order valence-corrected chi connectivity index (χ1v) is 10.6. The van der Waals surface area contributed by atoms with Crippen LogP contribution in [0.5, 0.6) is 0 Å². The van der Waals surface area contributed by atoms with Crippen LogP contribution in [0.15, 0.2) is 48.5 Å². The fourth-order valence-electron chi connectivity index (χ4n) is 3.32. The Balaban J connectivity index is 1.76. The van der Waals surface area contributed by atoms with Crippen LogP contribution in [-0.2, 0) is 21.2 Å². The van der Waals surface area contributed by atoms with E-state index in [0.29, 0.717) is 12.2 Å². The molecule has 138 valence electrons. The molecule has 1 heterocycles. The van der Waals surface area contributed by atoms with Crippen molar-refractivity contribution in [3.8, 4) is 0 Å². The van der Waals surface area contributed by atoms with E-state index < -0.39 is 10.0 Å². The topological polar surface area (TPSA) is 57.7 Å². The summed E-state index contributed by atoms with van der Waals surface area (Å²) in [4.78, 5) is 14.6. The van der Waals surface area contributed by atoms with Gasteiger partial charge in [-0.1, -0.05) is 35.9 Å². The van der Waals surface area contributed by atoms with Crippen molar-refractivity contribution in [1.29, 1.82) is 0 Å². The molecule has 0 unspecified atom stereocenters. The highest BCUT2D eigenvalue weighted by atomic mass is 32.2. The summed E-state index contributed by atoms with van der Waals surface area (Å²) < 4.78 is 25.7. The Labute approximate surface area is 155 Å². The van der Waals surface area contributed by atoms with Crippen LogP contribution in [0.1, 0.15) is 24.0 Å². The van der Waals surface area contributed by atoms with Gasteiger partial charge in [-0.15, -0.1) is 0 Å². The van der Waals surface area contributed by atoms with E-state index in [0.717, 1.165) is 24.1 Å². The molecule has 0 spiro atoms. The van der Waals surface area contributed by atoms with E-state index >= 15 is 0 Å². The first-order chi connectivity index (χ1) is 12.4. The zero-order valence-corrected chi connectivity index (χ0v) is 16.0. The van der Waals surface area contributed by atoms with Gasteiger partial charge in [0.25, 0.3) is 0 Å². The molecular weight excluding hydrogens is 348 g/mol. The maximum absolute atomic E-state index is 12.8. The molecule has 5 nitrogen and oxygen atoms in total. The molecule has 0 aromatic heterocycles. The van der Waals surface area contributed by atoms with Crippen LogP contribution in [0, 0.1) is 6.92 Å². The van der Waals surface area contributed by atoms with Crippen LogP contribution >= 0.6 is 0 Å². The van der Waals surface area contributed by atoms with Gasteiger partial charge in [-0.2, -0.15) is 0 Å². The van der Waals surface area contributed by atoms with Crippen molar-refractivity contribution in [2.45, 2.75) is 26.2 Å². The van der Waals surface area contributed by atoms with Crippen molar-refractivity contribution in [2.75, 3.05) is 28.6 Å². The van der Waals surface area contributed by atoms with Crippen LogP contribution in [0.2, 0.25) is 0 Å². The van der Waals surface area contributed by atoms with E-state index in [2.05, 4.69) is 0 Å². The van der Waals surface area contributed by atoms with Crippen LogP contribution in [0.4, 0.5) is 11.4 Å². The molecule has 2 aromatic carbocycles. The number of nitrogens with zero attached hydrogens (tertiary/aromatic N) is 2. The Morgan fingerprint density at radius 1 is 1.12 bits per heavy atom. The monoisotopic (exact) mass is 372 g/mol. The second kappa shape index (κ2) is 7.50. The number of amides is 1. The fourth-order valence-corrected chi connectivity index (χ4v) is 4.25. The third-order valence-electron chi connectivity index (χ3n) is 4.66. The number of para-hydroxylation sites is 1. The SMILES string of the molecule is Cc1ccc(N(CCC(=O)N2CCCc3ccccc32)S(C)(=O)=O)cc1. The molecule has 0 radical (unpaired) electrons. The zero-order valence-electron chi connectivity index (χ0n) is 15.2. The molecule has 0 saturated heterocycles. The third-order valence-corrected chi connectivity index (χ3v) is 5.86. The van der Waals surface area contributed by atoms with Crippen LogP contribution in [0.3, 0.4) is 0 Å². The van der Waals surface area contributed by atoms with Gasteiger partial charge in [-0.05, 0) is 43.5 Å². The number of fused-ring (bicyclic) bond motifs is 1. The van der Waals surface area contributed by atoms with Crippen LogP contribution in [0.25, 0.3) is 0 Å². The highest BCUT2D eigenvalue weighted by Gasteiger charge is 2.24. The molecule has 0 fully saturated rings.